The summed E-state index contributed by atoms with van der Waals surface area (Å²) in [6.45, 7) is 5.21. The van der Waals surface area contributed by atoms with E-state index in [0.29, 0.717) is 49.5 Å². The summed E-state index contributed by atoms with van der Waals surface area (Å²) in [5, 5.41) is 14.4. The lowest BCUT2D eigenvalue weighted by Crippen LogP contribution is -2.45. The third-order valence-electron chi connectivity index (χ3n) is 6.22. The van der Waals surface area contributed by atoms with Gasteiger partial charge in [-0.25, -0.2) is 0 Å². The molecule has 0 radical (unpaired) electrons. The smallest absolute Gasteiger partial charge is 0.255 e. The van der Waals surface area contributed by atoms with Crippen LogP contribution >= 0.6 is 23.2 Å². The summed E-state index contributed by atoms with van der Waals surface area (Å²) >= 11 is 12.5. The van der Waals surface area contributed by atoms with Gasteiger partial charge in [-0.1, -0.05) is 40.5 Å². The molecule has 12 heteroatoms. The monoisotopic (exact) mass is 572 g/mol. The van der Waals surface area contributed by atoms with Gasteiger partial charge in [0.25, 0.3) is 11.8 Å². The molecule has 2 bridgehead atoms. The minimum atomic E-state index is -0.772. The number of carbonyl (C=O) groups excluding carboxylic acids is 3. The topological polar surface area (TPSA) is 118 Å². The normalized spacial score (nSPS) is 17.5. The number of halogens is 2. The quantitative estimate of drug-likeness (QED) is 0.459. The molecule has 3 amide bonds. The Morgan fingerprint density at radius 3 is 2.77 bits per heavy atom. The SMILES string of the molecule is Cc1ccc2c(c1)OCCCn1cc(nn1)CN(C(=O)c1cccc(Cl)c1Cl)CCCNC(=O)[C@@H](C)NC2=O. The van der Waals surface area contributed by atoms with Crippen LogP contribution in [0.1, 0.15) is 51.7 Å². The van der Waals surface area contributed by atoms with Crippen LogP contribution in [0, 0.1) is 6.92 Å². The molecule has 206 valence electrons. The van der Waals surface area contributed by atoms with Crippen LogP contribution in [0.4, 0.5) is 0 Å². The number of hydrogen-bond donors (Lipinski definition) is 2. The summed E-state index contributed by atoms with van der Waals surface area (Å²) in [4.78, 5) is 40.6. The fourth-order valence-electron chi connectivity index (χ4n) is 4.13. The van der Waals surface area contributed by atoms with Crippen LogP contribution in [-0.2, 0) is 17.9 Å². The van der Waals surface area contributed by atoms with Crippen molar-refractivity contribution in [3.8, 4) is 5.75 Å². The molecule has 0 aliphatic carbocycles. The van der Waals surface area contributed by atoms with E-state index in [2.05, 4.69) is 20.9 Å². The van der Waals surface area contributed by atoms with Gasteiger partial charge in [0.15, 0.2) is 0 Å². The molecule has 0 spiro atoms. The van der Waals surface area contributed by atoms with Gasteiger partial charge in [0.2, 0.25) is 5.91 Å². The molecule has 0 saturated carbocycles. The van der Waals surface area contributed by atoms with Gasteiger partial charge in [0.05, 0.1) is 40.5 Å². The second-order valence-corrected chi connectivity index (χ2v) is 10.1. The van der Waals surface area contributed by atoms with Crippen LogP contribution in [-0.4, -0.2) is 63.4 Å². The summed E-state index contributed by atoms with van der Waals surface area (Å²) < 4.78 is 7.62. The largest absolute Gasteiger partial charge is 0.493 e. The predicted octanol–water partition coefficient (Wildman–Crippen LogP) is 3.64. The Balaban J connectivity index is 1.54. The highest BCUT2D eigenvalue weighted by atomic mass is 35.5. The first-order valence-corrected chi connectivity index (χ1v) is 13.4. The van der Waals surface area contributed by atoms with E-state index >= 15 is 0 Å². The van der Waals surface area contributed by atoms with Gasteiger partial charge in [0, 0.05) is 26.1 Å². The molecule has 3 aromatic rings. The summed E-state index contributed by atoms with van der Waals surface area (Å²) in [5.41, 5.74) is 2.19. The second kappa shape index (κ2) is 12.9. The summed E-state index contributed by atoms with van der Waals surface area (Å²) in [5.74, 6) is -0.598. The molecule has 10 nitrogen and oxygen atoms in total. The lowest BCUT2D eigenvalue weighted by atomic mass is 10.1. The van der Waals surface area contributed by atoms with Gasteiger partial charge in [-0.15, -0.1) is 5.10 Å². The van der Waals surface area contributed by atoms with Crippen LogP contribution in [0.15, 0.2) is 42.6 Å². The molecule has 2 N–H and O–H groups in total. The van der Waals surface area contributed by atoms with Gasteiger partial charge < -0.3 is 20.3 Å². The molecule has 2 aromatic carbocycles. The Morgan fingerprint density at radius 2 is 1.95 bits per heavy atom. The summed E-state index contributed by atoms with van der Waals surface area (Å²) in [6.07, 6.45) is 2.85. The van der Waals surface area contributed by atoms with E-state index in [1.807, 2.05) is 13.0 Å². The van der Waals surface area contributed by atoms with Crippen molar-refractivity contribution in [2.75, 3.05) is 19.7 Å². The number of nitrogens with one attached hydrogen (secondary N) is 2. The van der Waals surface area contributed by atoms with Crippen molar-refractivity contribution in [1.82, 2.24) is 30.5 Å². The number of aryl methyl sites for hydroxylation is 2. The van der Waals surface area contributed by atoms with Crippen molar-refractivity contribution in [2.24, 2.45) is 0 Å². The predicted molar refractivity (Wildman–Crippen MR) is 147 cm³/mol. The van der Waals surface area contributed by atoms with Crippen LogP contribution < -0.4 is 15.4 Å². The van der Waals surface area contributed by atoms with Gasteiger partial charge in [-0.05, 0) is 50.1 Å². The van der Waals surface area contributed by atoms with Crippen LogP contribution in [0.25, 0.3) is 0 Å². The van der Waals surface area contributed by atoms with E-state index < -0.39 is 11.9 Å². The number of ether oxygens (including phenoxy) is 1. The summed E-state index contributed by atoms with van der Waals surface area (Å²) in [6, 6.07) is 9.44. The number of rotatable bonds is 1. The van der Waals surface area contributed by atoms with Gasteiger partial charge >= 0.3 is 0 Å². The highest BCUT2D eigenvalue weighted by Crippen LogP contribution is 2.27. The molecule has 0 fully saturated rings. The second-order valence-electron chi connectivity index (χ2n) is 9.34. The molecule has 0 unspecified atom stereocenters. The third-order valence-corrected chi connectivity index (χ3v) is 7.04. The maximum Gasteiger partial charge on any atom is 0.255 e. The maximum atomic E-state index is 13.4. The van der Waals surface area contributed by atoms with Crippen molar-refractivity contribution >= 4 is 40.9 Å². The van der Waals surface area contributed by atoms with E-state index in [1.54, 1.807) is 53.0 Å². The number of fused-ring (bicyclic) bond motifs is 3. The van der Waals surface area contributed by atoms with Crippen LogP contribution in [0.5, 0.6) is 5.75 Å². The molecular formula is C27H30Cl2N6O4. The number of hydrogen-bond acceptors (Lipinski definition) is 6. The van der Waals surface area contributed by atoms with Gasteiger partial charge in [0.1, 0.15) is 17.5 Å². The Kier molecular flexibility index (Phi) is 9.42. The molecule has 1 atom stereocenters. The van der Waals surface area contributed by atoms with Crippen LogP contribution in [0.2, 0.25) is 10.0 Å². The molecular weight excluding hydrogens is 543 g/mol. The lowest BCUT2D eigenvalue weighted by Gasteiger charge is -2.23. The van der Waals surface area contributed by atoms with Crippen molar-refractivity contribution in [1.29, 1.82) is 0 Å². The number of aromatic nitrogens is 3. The van der Waals surface area contributed by atoms with Crippen molar-refractivity contribution in [3.05, 3.63) is 75.0 Å². The minimum Gasteiger partial charge on any atom is -0.493 e. The third kappa shape index (κ3) is 7.27. The van der Waals surface area contributed by atoms with E-state index in [-0.39, 0.29) is 40.5 Å². The standard InChI is InChI=1S/C27H30Cl2N6O4/c1-17-8-9-20-23(14-17)39-13-5-12-35-16-19(32-33-35)15-34(27(38)21-6-3-7-22(28)24(21)29)11-4-10-30-25(36)18(2)31-26(20)37/h3,6-9,14,16,18H,4-5,10-13,15H2,1-2H3,(H,30,36)(H,31,37)/t18-/m1/s1. The van der Waals surface area contributed by atoms with Crippen molar-refractivity contribution in [3.63, 3.8) is 0 Å². The average molecular weight is 573 g/mol. The minimum absolute atomic E-state index is 0.178. The Bertz CT molecular complexity index is 1360. The van der Waals surface area contributed by atoms with E-state index in [4.69, 9.17) is 27.9 Å². The number of amides is 3. The zero-order valence-corrected chi connectivity index (χ0v) is 23.3. The molecule has 1 aliphatic heterocycles. The van der Waals surface area contributed by atoms with E-state index in [1.165, 1.54) is 0 Å². The first-order chi connectivity index (χ1) is 18.7. The Hall–Kier alpha value is -3.63. The fourth-order valence-corrected chi connectivity index (χ4v) is 4.51. The van der Waals surface area contributed by atoms with E-state index in [0.717, 1.165) is 5.56 Å². The van der Waals surface area contributed by atoms with Crippen LogP contribution in [0.3, 0.4) is 0 Å². The van der Waals surface area contributed by atoms with E-state index in [9.17, 15) is 14.4 Å². The first-order valence-electron chi connectivity index (χ1n) is 12.7. The lowest BCUT2D eigenvalue weighted by molar-refractivity contribution is -0.122. The zero-order valence-electron chi connectivity index (χ0n) is 21.7. The highest BCUT2D eigenvalue weighted by molar-refractivity contribution is 6.43. The average Bonchev–Trinajstić information content (AvgIpc) is 3.36. The molecule has 39 heavy (non-hydrogen) atoms. The Labute approximate surface area is 236 Å². The number of nitrogens with zero attached hydrogens (tertiary/aromatic N) is 4. The number of benzene rings is 2. The summed E-state index contributed by atoms with van der Waals surface area (Å²) in [7, 11) is 0. The highest BCUT2D eigenvalue weighted by Gasteiger charge is 2.23. The fraction of sp³-hybridized carbons (Fsp3) is 0.370. The molecule has 1 aliphatic rings. The maximum absolute atomic E-state index is 13.4. The first kappa shape index (κ1) is 28.4. The van der Waals surface area contributed by atoms with Crippen molar-refractivity contribution in [2.45, 2.75) is 45.8 Å². The van der Waals surface area contributed by atoms with Crippen molar-refractivity contribution < 1.29 is 19.1 Å². The zero-order chi connectivity index (χ0) is 27.9. The molecule has 4 rings (SSSR count). The van der Waals surface area contributed by atoms with Gasteiger partial charge in [-0.2, -0.15) is 0 Å². The molecule has 0 saturated heterocycles. The van der Waals surface area contributed by atoms with Gasteiger partial charge in [-0.3, -0.25) is 19.1 Å². The number of carbonyl (C=O) groups is 3. The Morgan fingerprint density at radius 1 is 1.13 bits per heavy atom. The molecule has 2 heterocycles. The molecule has 1 aromatic heterocycles.